The lowest BCUT2D eigenvalue weighted by molar-refractivity contribution is -0.118. The smallest absolute Gasteiger partial charge is 0.169 e. The highest BCUT2D eigenvalue weighted by molar-refractivity contribution is 5.81. The van der Waals surface area contributed by atoms with Crippen molar-refractivity contribution in [3.05, 3.63) is 82.9 Å². The van der Waals surface area contributed by atoms with Crippen molar-refractivity contribution in [3.63, 3.8) is 0 Å². The molecule has 3 aromatic carbocycles. The van der Waals surface area contributed by atoms with Crippen molar-refractivity contribution >= 4 is 11.5 Å². The minimum atomic E-state index is 0.239. The SMILES string of the molecule is COc1cc(CC(=O)CCCCc2ccc(C)c(C)c2)ccc1Oc1ccccc1N. The normalized spacial score (nSPS) is 10.7. The largest absolute Gasteiger partial charge is 0.493 e. The summed E-state index contributed by atoms with van der Waals surface area (Å²) >= 11 is 0. The summed E-state index contributed by atoms with van der Waals surface area (Å²) in [4.78, 5) is 12.5. The number of anilines is 1. The van der Waals surface area contributed by atoms with Crippen molar-refractivity contribution in [2.24, 2.45) is 0 Å². The third kappa shape index (κ3) is 6.35. The number of methoxy groups -OCH3 is 1. The van der Waals surface area contributed by atoms with Gasteiger partial charge in [0, 0.05) is 12.8 Å². The molecule has 0 spiro atoms. The second kappa shape index (κ2) is 10.7. The zero-order valence-corrected chi connectivity index (χ0v) is 18.6. The Morgan fingerprint density at radius 3 is 2.35 bits per heavy atom. The second-order valence-corrected chi connectivity index (χ2v) is 7.97. The number of rotatable bonds is 10. The van der Waals surface area contributed by atoms with Crippen molar-refractivity contribution in [2.75, 3.05) is 12.8 Å². The van der Waals surface area contributed by atoms with E-state index in [-0.39, 0.29) is 5.78 Å². The van der Waals surface area contributed by atoms with Gasteiger partial charge in [0.25, 0.3) is 0 Å². The Kier molecular flexibility index (Phi) is 7.71. The maximum atomic E-state index is 12.5. The number of ketones is 1. The molecule has 4 heteroatoms. The summed E-state index contributed by atoms with van der Waals surface area (Å²) in [6, 6.07) is 19.5. The summed E-state index contributed by atoms with van der Waals surface area (Å²) in [5.41, 5.74) is 11.4. The third-order valence-electron chi connectivity index (χ3n) is 5.51. The van der Waals surface area contributed by atoms with Gasteiger partial charge in [-0.1, -0.05) is 36.4 Å². The molecule has 0 unspecified atom stereocenters. The summed E-state index contributed by atoms with van der Waals surface area (Å²) in [5.74, 6) is 1.98. The van der Waals surface area contributed by atoms with Gasteiger partial charge in [-0.2, -0.15) is 0 Å². The van der Waals surface area contributed by atoms with Gasteiger partial charge in [-0.25, -0.2) is 0 Å². The number of carbonyl (C=O) groups is 1. The first-order valence-corrected chi connectivity index (χ1v) is 10.7. The molecule has 0 amide bonds. The Hall–Kier alpha value is -3.27. The fraction of sp³-hybridized carbons (Fsp3) is 0.296. The molecule has 0 saturated carbocycles. The first-order chi connectivity index (χ1) is 15.0. The lowest BCUT2D eigenvalue weighted by Gasteiger charge is -2.13. The molecule has 0 aliphatic heterocycles. The Morgan fingerprint density at radius 1 is 0.839 bits per heavy atom. The average molecular weight is 418 g/mol. The minimum absolute atomic E-state index is 0.239. The zero-order valence-electron chi connectivity index (χ0n) is 18.6. The minimum Gasteiger partial charge on any atom is -0.493 e. The van der Waals surface area contributed by atoms with Crippen LogP contribution in [0.2, 0.25) is 0 Å². The summed E-state index contributed by atoms with van der Waals surface area (Å²) in [6.45, 7) is 4.27. The number of nitrogens with two attached hydrogens (primary N) is 1. The highest BCUT2D eigenvalue weighted by atomic mass is 16.5. The molecule has 0 radical (unpaired) electrons. The molecule has 0 fully saturated rings. The van der Waals surface area contributed by atoms with Crippen LogP contribution in [0, 0.1) is 13.8 Å². The van der Waals surface area contributed by atoms with Gasteiger partial charge in [-0.3, -0.25) is 4.79 Å². The predicted octanol–water partition coefficient (Wildman–Crippen LogP) is 6.21. The molecule has 162 valence electrons. The Morgan fingerprint density at radius 2 is 1.61 bits per heavy atom. The van der Waals surface area contributed by atoms with Gasteiger partial charge in [0.1, 0.15) is 5.78 Å². The molecule has 0 aromatic heterocycles. The number of aryl methyl sites for hydroxylation is 3. The maximum Gasteiger partial charge on any atom is 0.169 e. The molecule has 0 aliphatic rings. The quantitative estimate of drug-likeness (QED) is 0.315. The fourth-order valence-electron chi connectivity index (χ4n) is 3.52. The van der Waals surface area contributed by atoms with Crippen LogP contribution in [-0.2, 0) is 17.6 Å². The molecule has 31 heavy (non-hydrogen) atoms. The standard InChI is InChI=1S/C27H31NO3/c1-19-12-13-21(16-20(19)2)8-4-5-9-23(29)17-22-14-15-26(27(18-22)30-3)31-25-11-7-6-10-24(25)28/h6-7,10-16,18H,4-5,8-9,17,28H2,1-3H3. The van der Waals surface area contributed by atoms with E-state index < -0.39 is 0 Å². The number of hydrogen-bond donors (Lipinski definition) is 1. The van der Waals surface area contributed by atoms with E-state index in [1.807, 2.05) is 36.4 Å². The summed E-state index contributed by atoms with van der Waals surface area (Å²) in [6.07, 6.45) is 3.91. The molecule has 0 atom stereocenters. The van der Waals surface area contributed by atoms with E-state index in [4.69, 9.17) is 15.2 Å². The number of para-hydroxylation sites is 2. The lowest BCUT2D eigenvalue weighted by atomic mass is 10.00. The Bertz CT molecular complexity index is 1040. The molecule has 3 aromatic rings. The molecule has 0 aliphatic carbocycles. The van der Waals surface area contributed by atoms with Crippen LogP contribution in [0.4, 0.5) is 5.69 Å². The van der Waals surface area contributed by atoms with Gasteiger partial charge in [-0.05, 0) is 79.6 Å². The average Bonchev–Trinajstić information content (AvgIpc) is 2.76. The van der Waals surface area contributed by atoms with Crippen LogP contribution < -0.4 is 15.2 Å². The second-order valence-electron chi connectivity index (χ2n) is 7.97. The summed E-state index contributed by atoms with van der Waals surface area (Å²) in [7, 11) is 1.59. The van der Waals surface area contributed by atoms with E-state index in [1.54, 1.807) is 13.2 Å². The highest BCUT2D eigenvalue weighted by Crippen LogP contribution is 2.34. The Balaban J connectivity index is 1.51. The predicted molar refractivity (Wildman–Crippen MR) is 126 cm³/mol. The molecule has 0 bridgehead atoms. The van der Waals surface area contributed by atoms with Gasteiger partial charge in [-0.15, -0.1) is 0 Å². The molecule has 3 rings (SSSR count). The first kappa shape index (κ1) is 22.4. The van der Waals surface area contributed by atoms with E-state index in [9.17, 15) is 4.79 Å². The monoisotopic (exact) mass is 417 g/mol. The number of benzene rings is 3. The van der Waals surface area contributed by atoms with Crippen LogP contribution in [0.25, 0.3) is 0 Å². The number of hydrogen-bond acceptors (Lipinski definition) is 4. The lowest BCUT2D eigenvalue weighted by Crippen LogP contribution is -2.03. The van der Waals surface area contributed by atoms with Gasteiger partial charge in [0.05, 0.1) is 12.8 Å². The van der Waals surface area contributed by atoms with E-state index in [1.165, 1.54) is 16.7 Å². The van der Waals surface area contributed by atoms with E-state index in [0.29, 0.717) is 35.8 Å². The first-order valence-electron chi connectivity index (χ1n) is 10.7. The van der Waals surface area contributed by atoms with E-state index >= 15 is 0 Å². The molecule has 4 nitrogen and oxygen atoms in total. The number of carbonyl (C=O) groups excluding carboxylic acids is 1. The third-order valence-corrected chi connectivity index (χ3v) is 5.51. The highest BCUT2D eigenvalue weighted by Gasteiger charge is 2.11. The van der Waals surface area contributed by atoms with Gasteiger partial charge < -0.3 is 15.2 Å². The van der Waals surface area contributed by atoms with Gasteiger partial charge in [0.15, 0.2) is 17.2 Å². The topological polar surface area (TPSA) is 61.5 Å². The maximum absolute atomic E-state index is 12.5. The number of unbranched alkanes of at least 4 members (excludes halogenated alkanes) is 1. The molecular weight excluding hydrogens is 386 g/mol. The van der Waals surface area contributed by atoms with E-state index in [0.717, 1.165) is 24.8 Å². The van der Waals surface area contributed by atoms with Gasteiger partial charge >= 0.3 is 0 Å². The van der Waals surface area contributed by atoms with Crippen molar-refractivity contribution in [2.45, 2.75) is 46.0 Å². The van der Waals surface area contributed by atoms with Crippen LogP contribution in [0.3, 0.4) is 0 Å². The number of nitrogen functional groups attached to an aromatic ring is 1. The molecule has 0 heterocycles. The Labute approximate surface area is 185 Å². The summed E-state index contributed by atoms with van der Waals surface area (Å²) in [5, 5.41) is 0. The van der Waals surface area contributed by atoms with Crippen LogP contribution >= 0.6 is 0 Å². The molecule has 2 N–H and O–H groups in total. The summed E-state index contributed by atoms with van der Waals surface area (Å²) < 4.78 is 11.4. The zero-order chi connectivity index (χ0) is 22.2. The van der Waals surface area contributed by atoms with Crippen LogP contribution in [0.5, 0.6) is 17.2 Å². The number of ether oxygens (including phenoxy) is 2. The van der Waals surface area contributed by atoms with E-state index in [2.05, 4.69) is 32.0 Å². The fourth-order valence-corrected chi connectivity index (χ4v) is 3.52. The van der Waals surface area contributed by atoms with Crippen molar-refractivity contribution in [1.82, 2.24) is 0 Å². The number of Topliss-reactive ketones (excluding diaryl/α,β-unsaturated/α-hetero) is 1. The van der Waals surface area contributed by atoms with Crippen molar-refractivity contribution in [1.29, 1.82) is 0 Å². The van der Waals surface area contributed by atoms with Crippen LogP contribution in [0.15, 0.2) is 60.7 Å². The van der Waals surface area contributed by atoms with Crippen molar-refractivity contribution in [3.8, 4) is 17.2 Å². The van der Waals surface area contributed by atoms with Crippen LogP contribution in [0.1, 0.15) is 41.5 Å². The van der Waals surface area contributed by atoms with Gasteiger partial charge in [0.2, 0.25) is 0 Å². The van der Waals surface area contributed by atoms with Crippen molar-refractivity contribution < 1.29 is 14.3 Å². The molecule has 0 saturated heterocycles. The molecular formula is C27H31NO3. The van der Waals surface area contributed by atoms with Crippen LogP contribution in [-0.4, -0.2) is 12.9 Å².